The average molecular weight is 274 g/mol. The number of rotatable bonds is 2. The van der Waals surface area contributed by atoms with Crippen molar-refractivity contribution in [1.29, 1.82) is 0 Å². The van der Waals surface area contributed by atoms with Crippen molar-refractivity contribution in [3.63, 3.8) is 0 Å². The normalized spacial score (nSPS) is 13.5. The van der Waals surface area contributed by atoms with Crippen LogP contribution in [-0.4, -0.2) is 12.4 Å². The van der Waals surface area contributed by atoms with Crippen molar-refractivity contribution < 1.29 is 18.3 Å². The van der Waals surface area contributed by atoms with Crippen LogP contribution in [0.3, 0.4) is 0 Å². The first-order chi connectivity index (χ1) is 9.66. The smallest absolute Gasteiger partial charge is 0.198 e. The van der Waals surface area contributed by atoms with Gasteiger partial charge in [-0.15, -0.1) is 0 Å². The van der Waals surface area contributed by atoms with Crippen LogP contribution < -0.4 is 4.74 Å². The van der Waals surface area contributed by atoms with Crippen LogP contribution in [0.2, 0.25) is 0 Å². The summed E-state index contributed by atoms with van der Waals surface area (Å²) in [6.45, 7) is 0.655. The number of hydrogen-bond acceptors (Lipinski definition) is 2. The van der Waals surface area contributed by atoms with E-state index in [4.69, 9.17) is 4.74 Å². The SMILES string of the molecule is O=C(c1ccc2c(c1)CCCO2)c1c(F)cccc1F. The van der Waals surface area contributed by atoms with Gasteiger partial charge in [0.05, 0.1) is 12.2 Å². The summed E-state index contributed by atoms with van der Waals surface area (Å²) in [6.07, 6.45) is 1.68. The molecule has 0 N–H and O–H groups in total. The van der Waals surface area contributed by atoms with Crippen LogP contribution in [0.4, 0.5) is 8.78 Å². The number of carbonyl (C=O) groups is 1. The van der Waals surface area contributed by atoms with Crippen molar-refractivity contribution >= 4 is 5.78 Å². The second-order valence-electron chi connectivity index (χ2n) is 4.70. The fourth-order valence-corrected chi connectivity index (χ4v) is 2.36. The molecule has 0 radical (unpaired) electrons. The van der Waals surface area contributed by atoms with Gasteiger partial charge in [-0.25, -0.2) is 8.78 Å². The first-order valence-electron chi connectivity index (χ1n) is 6.41. The summed E-state index contributed by atoms with van der Waals surface area (Å²) in [6, 6.07) is 8.28. The molecule has 0 aromatic heterocycles. The molecule has 0 unspecified atom stereocenters. The molecule has 0 fully saturated rings. The predicted molar refractivity (Wildman–Crippen MR) is 70.0 cm³/mol. The molecule has 4 heteroatoms. The minimum Gasteiger partial charge on any atom is -0.493 e. The Labute approximate surface area is 115 Å². The number of aryl methyl sites for hydroxylation is 1. The number of ether oxygens (including phenoxy) is 1. The highest BCUT2D eigenvalue weighted by molar-refractivity contribution is 6.09. The molecule has 3 rings (SSSR count). The predicted octanol–water partition coefficient (Wildman–Crippen LogP) is 3.52. The second kappa shape index (κ2) is 5.04. The van der Waals surface area contributed by atoms with Crippen LogP contribution in [0.15, 0.2) is 36.4 Å². The van der Waals surface area contributed by atoms with Gasteiger partial charge in [0, 0.05) is 5.56 Å². The van der Waals surface area contributed by atoms with E-state index in [1.54, 1.807) is 18.2 Å². The third kappa shape index (κ3) is 2.18. The van der Waals surface area contributed by atoms with Crippen molar-refractivity contribution in [1.82, 2.24) is 0 Å². The van der Waals surface area contributed by atoms with E-state index in [9.17, 15) is 13.6 Å². The second-order valence-corrected chi connectivity index (χ2v) is 4.70. The van der Waals surface area contributed by atoms with Crippen LogP contribution in [0.5, 0.6) is 5.75 Å². The van der Waals surface area contributed by atoms with Crippen LogP contribution >= 0.6 is 0 Å². The summed E-state index contributed by atoms with van der Waals surface area (Å²) in [5, 5.41) is 0. The summed E-state index contributed by atoms with van der Waals surface area (Å²) in [7, 11) is 0. The molecule has 2 nitrogen and oxygen atoms in total. The monoisotopic (exact) mass is 274 g/mol. The van der Waals surface area contributed by atoms with E-state index < -0.39 is 23.0 Å². The Morgan fingerprint density at radius 3 is 2.60 bits per heavy atom. The van der Waals surface area contributed by atoms with Gasteiger partial charge in [0.25, 0.3) is 0 Å². The molecular formula is C16H12F2O2. The minimum atomic E-state index is -0.844. The Morgan fingerprint density at radius 1 is 1.10 bits per heavy atom. The zero-order valence-corrected chi connectivity index (χ0v) is 10.7. The Kier molecular flexibility index (Phi) is 3.22. The summed E-state index contributed by atoms with van der Waals surface area (Å²) in [4.78, 5) is 12.3. The van der Waals surface area contributed by atoms with Gasteiger partial charge in [-0.1, -0.05) is 6.07 Å². The summed E-state index contributed by atoms with van der Waals surface area (Å²) < 4.78 is 32.7. The van der Waals surface area contributed by atoms with Crippen LogP contribution in [0, 0.1) is 11.6 Å². The Bertz CT molecular complexity index is 660. The molecular weight excluding hydrogens is 262 g/mol. The van der Waals surface area contributed by atoms with Gasteiger partial charge < -0.3 is 4.74 Å². The van der Waals surface area contributed by atoms with Gasteiger partial charge in [0.1, 0.15) is 17.4 Å². The van der Waals surface area contributed by atoms with Crippen molar-refractivity contribution in [2.75, 3.05) is 6.61 Å². The standard InChI is InChI=1S/C16H12F2O2/c17-12-4-1-5-13(18)15(12)16(19)11-6-7-14-10(9-11)3-2-8-20-14/h1,4-7,9H,2-3,8H2. The van der Waals surface area contributed by atoms with E-state index in [2.05, 4.69) is 0 Å². The number of hydrogen-bond donors (Lipinski definition) is 0. The van der Waals surface area contributed by atoms with E-state index in [0.29, 0.717) is 6.61 Å². The Morgan fingerprint density at radius 2 is 1.85 bits per heavy atom. The molecule has 0 bridgehead atoms. The fraction of sp³-hybridized carbons (Fsp3) is 0.188. The molecule has 1 aliphatic rings. The molecule has 0 aliphatic carbocycles. The minimum absolute atomic E-state index is 0.276. The third-order valence-electron chi connectivity index (χ3n) is 3.36. The maximum absolute atomic E-state index is 13.6. The van der Waals surface area contributed by atoms with Gasteiger partial charge in [0.2, 0.25) is 0 Å². The molecule has 1 aliphatic heterocycles. The van der Waals surface area contributed by atoms with Gasteiger partial charge in [-0.2, -0.15) is 0 Å². The molecule has 2 aromatic carbocycles. The first kappa shape index (κ1) is 12.8. The maximum Gasteiger partial charge on any atom is 0.198 e. The van der Waals surface area contributed by atoms with Gasteiger partial charge in [-0.05, 0) is 48.7 Å². The third-order valence-corrected chi connectivity index (χ3v) is 3.36. The molecule has 1 heterocycles. The number of benzene rings is 2. The van der Waals surface area contributed by atoms with E-state index in [-0.39, 0.29) is 5.56 Å². The van der Waals surface area contributed by atoms with E-state index in [1.807, 2.05) is 0 Å². The summed E-state index contributed by atoms with van der Waals surface area (Å²) >= 11 is 0. The van der Waals surface area contributed by atoms with Crippen LogP contribution in [-0.2, 0) is 6.42 Å². The number of halogens is 2. The Hall–Kier alpha value is -2.23. The molecule has 2 aromatic rings. The maximum atomic E-state index is 13.6. The molecule has 20 heavy (non-hydrogen) atoms. The highest BCUT2D eigenvalue weighted by Gasteiger charge is 2.20. The molecule has 0 spiro atoms. The fourth-order valence-electron chi connectivity index (χ4n) is 2.36. The number of ketones is 1. The highest BCUT2D eigenvalue weighted by atomic mass is 19.1. The van der Waals surface area contributed by atoms with Crippen molar-refractivity contribution in [2.45, 2.75) is 12.8 Å². The zero-order chi connectivity index (χ0) is 14.1. The zero-order valence-electron chi connectivity index (χ0n) is 10.7. The van der Waals surface area contributed by atoms with E-state index in [0.717, 1.165) is 36.3 Å². The number of fused-ring (bicyclic) bond motifs is 1. The van der Waals surface area contributed by atoms with Crippen molar-refractivity contribution in [3.05, 3.63) is 64.7 Å². The Balaban J connectivity index is 2.03. The molecule has 102 valence electrons. The quantitative estimate of drug-likeness (QED) is 0.783. The van der Waals surface area contributed by atoms with Gasteiger partial charge in [0.15, 0.2) is 5.78 Å². The van der Waals surface area contributed by atoms with Crippen LogP contribution in [0.1, 0.15) is 27.9 Å². The highest BCUT2D eigenvalue weighted by Crippen LogP contribution is 2.27. The van der Waals surface area contributed by atoms with Gasteiger partial charge in [-0.3, -0.25) is 4.79 Å². The molecule has 0 saturated carbocycles. The van der Waals surface area contributed by atoms with Crippen LogP contribution in [0.25, 0.3) is 0 Å². The lowest BCUT2D eigenvalue weighted by Gasteiger charge is -2.17. The van der Waals surface area contributed by atoms with Crippen molar-refractivity contribution in [3.8, 4) is 5.75 Å². The molecule has 0 amide bonds. The summed E-state index contributed by atoms with van der Waals surface area (Å²) in [5.41, 5.74) is 0.668. The summed E-state index contributed by atoms with van der Waals surface area (Å²) in [5.74, 6) is -1.59. The lowest BCUT2D eigenvalue weighted by Crippen LogP contribution is -2.11. The first-order valence-corrected chi connectivity index (χ1v) is 6.41. The molecule has 0 atom stereocenters. The van der Waals surface area contributed by atoms with Gasteiger partial charge >= 0.3 is 0 Å². The molecule has 0 saturated heterocycles. The van der Waals surface area contributed by atoms with Crippen molar-refractivity contribution in [2.24, 2.45) is 0 Å². The topological polar surface area (TPSA) is 26.3 Å². The lowest BCUT2D eigenvalue weighted by molar-refractivity contribution is 0.103. The number of carbonyl (C=O) groups excluding carboxylic acids is 1. The lowest BCUT2D eigenvalue weighted by atomic mass is 9.97. The average Bonchev–Trinajstić information content (AvgIpc) is 2.46. The van der Waals surface area contributed by atoms with E-state index >= 15 is 0 Å². The van der Waals surface area contributed by atoms with E-state index in [1.165, 1.54) is 6.07 Å². The largest absolute Gasteiger partial charge is 0.493 e.